The van der Waals surface area contributed by atoms with E-state index in [0.717, 1.165) is 17.7 Å². The lowest BCUT2D eigenvalue weighted by Crippen LogP contribution is -2.32. The van der Waals surface area contributed by atoms with E-state index in [9.17, 15) is 8.42 Å². The summed E-state index contributed by atoms with van der Waals surface area (Å²) in [6.07, 6.45) is 8.61. The Balaban J connectivity index is 1.69. The minimum absolute atomic E-state index is 0.180. The van der Waals surface area contributed by atoms with E-state index in [1.54, 1.807) is 18.2 Å². The maximum Gasteiger partial charge on any atom is 0.243 e. The molecule has 3 unspecified atom stereocenters. The van der Waals surface area contributed by atoms with Crippen molar-refractivity contribution in [1.82, 2.24) is 4.31 Å². The number of allylic oxidation sites excluding steroid dienone is 2. The maximum absolute atomic E-state index is 13.3. The molecule has 1 aliphatic heterocycles. The second kappa shape index (κ2) is 8.96. The molecule has 0 fully saturated rings. The summed E-state index contributed by atoms with van der Waals surface area (Å²) in [6, 6.07) is 14.3. The van der Waals surface area contributed by atoms with Crippen LogP contribution in [0.2, 0.25) is 0 Å². The first-order valence-electron chi connectivity index (χ1n) is 10.9. The summed E-state index contributed by atoms with van der Waals surface area (Å²) >= 11 is 0. The van der Waals surface area contributed by atoms with Gasteiger partial charge >= 0.3 is 0 Å². The summed E-state index contributed by atoms with van der Waals surface area (Å²) in [7, 11) is 0.447. The minimum Gasteiger partial charge on any atom is -0.378 e. The fourth-order valence-electron chi connectivity index (χ4n) is 4.75. The van der Waals surface area contributed by atoms with E-state index in [1.165, 1.54) is 15.6 Å². The van der Waals surface area contributed by atoms with Gasteiger partial charge in [0, 0.05) is 44.5 Å². The van der Waals surface area contributed by atoms with Crippen molar-refractivity contribution in [2.75, 3.05) is 37.4 Å². The van der Waals surface area contributed by atoms with Crippen molar-refractivity contribution >= 4 is 21.4 Å². The summed E-state index contributed by atoms with van der Waals surface area (Å²) < 4.78 is 27.9. The van der Waals surface area contributed by atoms with Crippen molar-refractivity contribution in [2.45, 2.75) is 23.3 Å². The van der Waals surface area contributed by atoms with Crippen LogP contribution in [-0.2, 0) is 10.0 Å². The normalized spacial score (nSPS) is 21.5. The molecule has 0 spiro atoms. The van der Waals surface area contributed by atoms with E-state index in [2.05, 4.69) is 59.8 Å². The summed E-state index contributed by atoms with van der Waals surface area (Å²) in [4.78, 5) is 2.41. The lowest BCUT2D eigenvalue weighted by atomic mass is 9.77. The summed E-state index contributed by atoms with van der Waals surface area (Å²) in [5.74, 6) is 0.537. The summed E-state index contributed by atoms with van der Waals surface area (Å²) in [5.41, 5.74) is 4.46. The Hall–Kier alpha value is -2.83. The molecule has 0 aromatic heterocycles. The van der Waals surface area contributed by atoms with Gasteiger partial charge in [0.25, 0.3) is 0 Å². The van der Waals surface area contributed by atoms with Crippen LogP contribution in [0.15, 0.2) is 84.8 Å². The van der Waals surface area contributed by atoms with Crippen molar-refractivity contribution in [3.8, 4) is 0 Å². The zero-order chi connectivity index (χ0) is 22.9. The average molecular weight is 450 g/mol. The van der Waals surface area contributed by atoms with Gasteiger partial charge in [0.05, 0.1) is 10.9 Å². The minimum atomic E-state index is -3.63. The largest absolute Gasteiger partial charge is 0.378 e. The zero-order valence-corrected chi connectivity index (χ0v) is 19.6. The first-order valence-corrected chi connectivity index (χ1v) is 12.4. The number of anilines is 2. The molecular weight excluding hydrogens is 418 g/mol. The molecule has 0 radical (unpaired) electrons. The molecule has 5 nitrogen and oxygen atoms in total. The Morgan fingerprint density at radius 1 is 1.06 bits per heavy atom. The molecule has 1 aliphatic carbocycles. The molecule has 0 bridgehead atoms. The highest BCUT2D eigenvalue weighted by molar-refractivity contribution is 7.89. The van der Waals surface area contributed by atoms with Crippen LogP contribution in [0.4, 0.5) is 11.4 Å². The van der Waals surface area contributed by atoms with Gasteiger partial charge in [0.2, 0.25) is 10.0 Å². The van der Waals surface area contributed by atoms with Crippen molar-refractivity contribution < 1.29 is 8.42 Å². The van der Waals surface area contributed by atoms with Crippen LogP contribution in [0.5, 0.6) is 0 Å². The Bertz CT molecular complexity index is 1130. The van der Waals surface area contributed by atoms with E-state index < -0.39 is 10.0 Å². The van der Waals surface area contributed by atoms with Crippen LogP contribution in [0.25, 0.3) is 0 Å². The van der Waals surface area contributed by atoms with Gasteiger partial charge in [-0.1, -0.05) is 36.4 Å². The Morgan fingerprint density at radius 3 is 2.38 bits per heavy atom. The molecule has 3 atom stereocenters. The van der Waals surface area contributed by atoms with Crippen molar-refractivity contribution in [3.05, 3.63) is 91.1 Å². The summed E-state index contributed by atoms with van der Waals surface area (Å²) in [6.45, 7) is 7.89. The molecule has 0 amide bonds. The predicted molar refractivity (Wildman–Crippen MR) is 133 cm³/mol. The second-order valence-corrected chi connectivity index (χ2v) is 10.5. The average Bonchev–Trinajstić information content (AvgIpc) is 3.28. The van der Waals surface area contributed by atoms with Crippen LogP contribution in [0, 0.1) is 5.92 Å². The molecule has 2 aliphatic rings. The molecule has 32 heavy (non-hydrogen) atoms. The standard InChI is InChI=1S/C26H31N3O2S/c1-5-16-29(17-6-2)32(30,31)21-14-15-25-24(18-21)22-8-7-9-23(22)26(27-25)19-10-12-20(13-11-19)28(3)4/h5-8,10-15,18,22-23,26-27H,1-2,9,16-17H2,3-4H3. The lowest BCUT2D eigenvalue weighted by molar-refractivity contribution is 0.424. The fourth-order valence-corrected chi connectivity index (χ4v) is 6.17. The maximum atomic E-state index is 13.3. The van der Waals surface area contributed by atoms with Crippen LogP contribution in [-0.4, -0.2) is 39.9 Å². The van der Waals surface area contributed by atoms with Gasteiger partial charge in [-0.25, -0.2) is 8.42 Å². The zero-order valence-electron chi connectivity index (χ0n) is 18.7. The highest BCUT2D eigenvalue weighted by Gasteiger charge is 2.38. The molecule has 1 heterocycles. The van der Waals surface area contributed by atoms with Gasteiger partial charge in [-0.05, 0) is 53.8 Å². The number of hydrogen-bond acceptors (Lipinski definition) is 4. The number of nitrogens with zero attached hydrogens (tertiary/aromatic N) is 2. The molecule has 1 N–H and O–H groups in total. The number of sulfonamides is 1. The van der Waals surface area contributed by atoms with E-state index in [4.69, 9.17) is 0 Å². The molecule has 2 aromatic carbocycles. The summed E-state index contributed by atoms with van der Waals surface area (Å²) in [5, 5.41) is 3.70. The van der Waals surface area contributed by atoms with Gasteiger partial charge in [-0.3, -0.25) is 0 Å². The number of hydrogen-bond donors (Lipinski definition) is 1. The number of benzene rings is 2. The SMILES string of the molecule is C=CCN(CC=C)S(=O)(=O)c1ccc2c(c1)C1C=CCC1C(c1ccc(N(C)C)cc1)N2. The molecule has 4 rings (SSSR count). The van der Waals surface area contributed by atoms with E-state index in [1.807, 2.05) is 26.2 Å². The highest BCUT2D eigenvalue weighted by Crippen LogP contribution is 2.50. The lowest BCUT2D eigenvalue weighted by Gasteiger charge is -2.38. The van der Waals surface area contributed by atoms with Gasteiger partial charge < -0.3 is 10.2 Å². The van der Waals surface area contributed by atoms with Gasteiger partial charge in [-0.2, -0.15) is 4.31 Å². The van der Waals surface area contributed by atoms with E-state index in [0.29, 0.717) is 10.8 Å². The van der Waals surface area contributed by atoms with Crippen LogP contribution in [0.3, 0.4) is 0 Å². The Labute approximate surface area is 191 Å². The number of rotatable bonds is 8. The Morgan fingerprint density at radius 2 is 1.75 bits per heavy atom. The molecule has 6 heteroatoms. The fraction of sp³-hybridized carbons (Fsp3) is 0.308. The molecule has 2 aromatic rings. The third kappa shape index (κ3) is 4.00. The van der Waals surface area contributed by atoms with Gasteiger partial charge in [0.15, 0.2) is 0 Å². The smallest absolute Gasteiger partial charge is 0.243 e. The first-order chi connectivity index (χ1) is 15.4. The monoisotopic (exact) mass is 449 g/mol. The van der Waals surface area contributed by atoms with Crippen molar-refractivity contribution in [3.63, 3.8) is 0 Å². The third-order valence-electron chi connectivity index (χ3n) is 6.41. The van der Waals surface area contributed by atoms with Gasteiger partial charge in [0.1, 0.15) is 0 Å². The van der Waals surface area contributed by atoms with E-state index in [-0.39, 0.29) is 25.0 Å². The molecular formula is C26H31N3O2S. The quantitative estimate of drug-likeness (QED) is 0.580. The second-order valence-electron chi connectivity index (χ2n) is 8.61. The molecule has 168 valence electrons. The van der Waals surface area contributed by atoms with Crippen LogP contribution >= 0.6 is 0 Å². The third-order valence-corrected chi connectivity index (χ3v) is 8.23. The van der Waals surface area contributed by atoms with Crippen molar-refractivity contribution in [2.24, 2.45) is 5.92 Å². The predicted octanol–water partition coefficient (Wildman–Crippen LogP) is 4.94. The van der Waals surface area contributed by atoms with Gasteiger partial charge in [-0.15, -0.1) is 13.2 Å². The van der Waals surface area contributed by atoms with E-state index >= 15 is 0 Å². The molecule has 0 saturated heterocycles. The number of fused-ring (bicyclic) bond motifs is 3. The number of nitrogens with one attached hydrogen (secondary N) is 1. The topological polar surface area (TPSA) is 52.7 Å². The van der Waals surface area contributed by atoms with Crippen molar-refractivity contribution in [1.29, 1.82) is 0 Å². The first kappa shape index (κ1) is 22.4. The van der Waals surface area contributed by atoms with Crippen LogP contribution in [0.1, 0.15) is 29.5 Å². The highest BCUT2D eigenvalue weighted by atomic mass is 32.2. The molecule has 0 saturated carbocycles. The Kier molecular flexibility index (Phi) is 6.26. The van der Waals surface area contributed by atoms with Crippen LogP contribution < -0.4 is 10.2 Å².